The summed E-state index contributed by atoms with van der Waals surface area (Å²) >= 11 is 0. The van der Waals surface area contributed by atoms with Gasteiger partial charge in [0.2, 0.25) is 0 Å². The van der Waals surface area contributed by atoms with Crippen LogP contribution in [0.25, 0.3) is 11.1 Å². The largest absolute Gasteiger partial charge is 0.310 e. The second kappa shape index (κ2) is 5.94. The number of fused-ring (bicyclic) bond motifs is 1. The van der Waals surface area contributed by atoms with Crippen molar-refractivity contribution in [3.63, 3.8) is 0 Å². The first-order valence-corrected chi connectivity index (χ1v) is 7.51. The number of halogens is 2. The first kappa shape index (κ1) is 14.2. The van der Waals surface area contributed by atoms with Crippen LogP contribution < -0.4 is 5.32 Å². The van der Waals surface area contributed by atoms with Gasteiger partial charge in [-0.15, -0.1) is 0 Å². The highest BCUT2D eigenvalue weighted by molar-refractivity contribution is 5.66. The Labute approximate surface area is 124 Å². The Morgan fingerprint density at radius 3 is 2.62 bits per heavy atom. The quantitative estimate of drug-likeness (QED) is 0.865. The maximum Gasteiger partial charge on any atom is 0.133 e. The third-order valence-corrected chi connectivity index (χ3v) is 4.11. The van der Waals surface area contributed by atoms with Gasteiger partial charge in [0.25, 0.3) is 0 Å². The van der Waals surface area contributed by atoms with Gasteiger partial charge in [0.05, 0.1) is 5.56 Å². The number of aryl methyl sites for hydroxylation is 1. The van der Waals surface area contributed by atoms with Gasteiger partial charge in [-0.25, -0.2) is 8.78 Å². The summed E-state index contributed by atoms with van der Waals surface area (Å²) < 4.78 is 27.8. The van der Waals surface area contributed by atoms with E-state index < -0.39 is 11.6 Å². The van der Waals surface area contributed by atoms with Gasteiger partial charge >= 0.3 is 0 Å². The molecule has 2 aromatic carbocycles. The van der Waals surface area contributed by atoms with E-state index in [1.807, 2.05) is 18.2 Å². The van der Waals surface area contributed by atoms with Gasteiger partial charge in [-0.1, -0.05) is 31.2 Å². The van der Waals surface area contributed by atoms with Crippen LogP contribution in [0.4, 0.5) is 8.78 Å². The van der Waals surface area contributed by atoms with Crippen LogP contribution in [-0.2, 0) is 6.42 Å². The maximum absolute atomic E-state index is 13.9. The zero-order valence-corrected chi connectivity index (χ0v) is 12.1. The first-order chi connectivity index (χ1) is 10.2. The fourth-order valence-electron chi connectivity index (χ4n) is 3.08. The van der Waals surface area contributed by atoms with Gasteiger partial charge in [0.15, 0.2) is 0 Å². The molecule has 1 aliphatic carbocycles. The number of hydrogen-bond donors (Lipinski definition) is 1. The van der Waals surface area contributed by atoms with Crippen LogP contribution in [0.15, 0.2) is 36.4 Å². The molecular formula is C18H19F2N. The second-order valence-electron chi connectivity index (χ2n) is 5.56. The highest BCUT2D eigenvalue weighted by Gasteiger charge is 2.23. The van der Waals surface area contributed by atoms with Crippen LogP contribution in [-0.4, -0.2) is 6.54 Å². The normalized spacial score (nSPS) is 17.0. The Morgan fingerprint density at radius 1 is 1.14 bits per heavy atom. The van der Waals surface area contributed by atoms with E-state index in [0.717, 1.165) is 25.8 Å². The summed E-state index contributed by atoms with van der Waals surface area (Å²) in [6.07, 6.45) is 3.11. The zero-order valence-electron chi connectivity index (χ0n) is 12.1. The van der Waals surface area contributed by atoms with Gasteiger partial charge in [-0.05, 0) is 54.6 Å². The summed E-state index contributed by atoms with van der Waals surface area (Å²) in [6.45, 7) is 3.14. The summed E-state index contributed by atoms with van der Waals surface area (Å²) in [4.78, 5) is 0. The van der Waals surface area contributed by atoms with Crippen molar-refractivity contribution in [2.45, 2.75) is 32.2 Å². The third kappa shape index (κ3) is 2.70. The van der Waals surface area contributed by atoms with Crippen molar-refractivity contribution in [2.75, 3.05) is 6.54 Å². The monoisotopic (exact) mass is 287 g/mol. The molecule has 1 atom stereocenters. The SMILES string of the molecule is CCCNC1CCc2cc(-c3c(F)cccc3F)ccc21. The van der Waals surface area contributed by atoms with Crippen molar-refractivity contribution in [1.82, 2.24) is 5.32 Å². The van der Waals surface area contributed by atoms with Crippen molar-refractivity contribution in [3.8, 4) is 11.1 Å². The summed E-state index contributed by atoms with van der Waals surface area (Å²) in [7, 11) is 0. The Bertz CT molecular complexity index is 631. The van der Waals surface area contributed by atoms with Crippen LogP contribution in [0, 0.1) is 11.6 Å². The lowest BCUT2D eigenvalue weighted by atomic mass is 9.99. The molecule has 0 heterocycles. The molecule has 110 valence electrons. The Balaban J connectivity index is 1.95. The fraction of sp³-hybridized carbons (Fsp3) is 0.333. The molecule has 1 aliphatic rings. The average molecular weight is 287 g/mol. The summed E-state index contributed by atoms with van der Waals surface area (Å²) in [5.41, 5.74) is 3.17. The van der Waals surface area contributed by atoms with Crippen molar-refractivity contribution in [2.24, 2.45) is 0 Å². The second-order valence-corrected chi connectivity index (χ2v) is 5.56. The van der Waals surface area contributed by atoms with Gasteiger partial charge < -0.3 is 5.32 Å². The lowest BCUT2D eigenvalue weighted by Gasteiger charge is -2.14. The van der Waals surface area contributed by atoms with E-state index in [9.17, 15) is 8.78 Å². The molecule has 2 aromatic rings. The molecule has 3 rings (SSSR count). The van der Waals surface area contributed by atoms with Crippen molar-refractivity contribution < 1.29 is 8.78 Å². The molecule has 21 heavy (non-hydrogen) atoms. The van der Waals surface area contributed by atoms with Crippen molar-refractivity contribution in [1.29, 1.82) is 0 Å². The highest BCUT2D eigenvalue weighted by Crippen LogP contribution is 2.35. The minimum absolute atomic E-state index is 0.0743. The smallest absolute Gasteiger partial charge is 0.133 e. The molecule has 3 heteroatoms. The number of rotatable bonds is 4. The molecule has 0 radical (unpaired) electrons. The lowest BCUT2D eigenvalue weighted by molar-refractivity contribution is 0.529. The van der Waals surface area contributed by atoms with E-state index in [1.54, 1.807) is 0 Å². The molecular weight excluding hydrogens is 268 g/mol. The Morgan fingerprint density at radius 2 is 1.90 bits per heavy atom. The molecule has 0 fully saturated rings. The molecule has 1 nitrogen and oxygen atoms in total. The molecule has 0 bridgehead atoms. The van der Waals surface area contributed by atoms with Gasteiger partial charge in [-0.3, -0.25) is 0 Å². The van der Waals surface area contributed by atoms with Crippen molar-refractivity contribution in [3.05, 3.63) is 59.2 Å². The molecule has 1 unspecified atom stereocenters. The molecule has 0 aliphatic heterocycles. The van der Waals surface area contributed by atoms with Gasteiger partial charge in [-0.2, -0.15) is 0 Å². The minimum Gasteiger partial charge on any atom is -0.310 e. The fourth-order valence-corrected chi connectivity index (χ4v) is 3.08. The predicted octanol–water partition coefficient (Wildman–Crippen LogP) is 4.62. The van der Waals surface area contributed by atoms with E-state index in [1.165, 1.54) is 29.3 Å². The van der Waals surface area contributed by atoms with E-state index in [0.29, 0.717) is 11.6 Å². The maximum atomic E-state index is 13.9. The van der Waals surface area contributed by atoms with E-state index in [2.05, 4.69) is 12.2 Å². The third-order valence-electron chi connectivity index (χ3n) is 4.11. The molecule has 0 saturated carbocycles. The zero-order chi connectivity index (χ0) is 14.8. The predicted molar refractivity (Wildman–Crippen MR) is 81.1 cm³/mol. The number of benzene rings is 2. The van der Waals surface area contributed by atoms with E-state index in [-0.39, 0.29) is 5.56 Å². The molecule has 0 amide bonds. The lowest BCUT2D eigenvalue weighted by Crippen LogP contribution is -2.19. The number of nitrogens with one attached hydrogen (secondary N) is 1. The highest BCUT2D eigenvalue weighted by atomic mass is 19.1. The van der Waals surface area contributed by atoms with Gasteiger partial charge in [0.1, 0.15) is 11.6 Å². The van der Waals surface area contributed by atoms with Crippen LogP contribution in [0.5, 0.6) is 0 Å². The minimum atomic E-state index is -0.506. The molecule has 0 aromatic heterocycles. The first-order valence-electron chi connectivity index (χ1n) is 7.51. The Kier molecular flexibility index (Phi) is 4.02. The van der Waals surface area contributed by atoms with Crippen LogP contribution in [0.1, 0.15) is 36.9 Å². The van der Waals surface area contributed by atoms with Crippen LogP contribution in [0.2, 0.25) is 0 Å². The average Bonchev–Trinajstić information content (AvgIpc) is 2.87. The van der Waals surface area contributed by atoms with Crippen LogP contribution in [0.3, 0.4) is 0 Å². The number of hydrogen-bond acceptors (Lipinski definition) is 1. The van der Waals surface area contributed by atoms with Gasteiger partial charge in [0, 0.05) is 6.04 Å². The molecule has 0 spiro atoms. The van der Waals surface area contributed by atoms with Crippen molar-refractivity contribution >= 4 is 0 Å². The standard InChI is InChI=1S/C18H19F2N/c1-2-10-21-17-9-7-12-11-13(6-8-14(12)17)18-15(19)4-3-5-16(18)20/h3-6,8,11,17,21H,2,7,9-10H2,1H3. The molecule has 0 saturated heterocycles. The summed E-state index contributed by atoms with van der Waals surface area (Å²) in [5.74, 6) is -1.01. The van der Waals surface area contributed by atoms with E-state index >= 15 is 0 Å². The topological polar surface area (TPSA) is 12.0 Å². The van der Waals surface area contributed by atoms with Crippen LogP contribution >= 0.6 is 0 Å². The summed E-state index contributed by atoms with van der Waals surface area (Å²) in [6, 6.07) is 10.1. The Hall–Kier alpha value is -1.74. The molecule has 1 N–H and O–H groups in total. The summed E-state index contributed by atoms with van der Waals surface area (Å²) in [5, 5.41) is 3.52. The van der Waals surface area contributed by atoms with E-state index in [4.69, 9.17) is 0 Å².